The van der Waals surface area contributed by atoms with Crippen molar-refractivity contribution in [3.63, 3.8) is 0 Å². The normalized spacial score (nSPS) is 9.71. The number of nitrogen functional groups attached to an aromatic ring is 1. The van der Waals surface area contributed by atoms with E-state index < -0.39 is 5.97 Å². The van der Waals surface area contributed by atoms with Gasteiger partial charge < -0.3 is 15.8 Å². The molecule has 0 heterocycles. The lowest BCUT2D eigenvalue weighted by Gasteiger charge is -2.10. The number of rotatable bonds is 4. The number of nitrogens with two attached hydrogens (primary N) is 1. The fraction of sp³-hybridized carbons (Fsp3) is 0.125. The quantitative estimate of drug-likeness (QED) is 0.664. The first-order valence-electron chi connectivity index (χ1n) is 6.48. The summed E-state index contributed by atoms with van der Waals surface area (Å²) in [5, 5.41) is 11.9. The number of nitrogens with one attached hydrogen (secondary N) is 1. The van der Waals surface area contributed by atoms with Gasteiger partial charge in [-0.05, 0) is 49.4 Å². The maximum atomic E-state index is 11.8. The van der Waals surface area contributed by atoms with E-state index in [4.69, 9.17) is 15.7 Å². The first-order chi connectivity index (χ1) is 10.1. The van der Waals surface area contributed by atoms with Crippen LogP contribution >= 0.6 is 0 Å². The Labute approximate surface area is 123 Å². The molecule has 2 aromatic rings. The van der Waals surface area contributed by atoms with Gasteiger partial charge in [-0.25, -0.2) is 4.79 Å². The van der Waals surface area contributed by atoms with E-state index in [1.165, 1.54) is 0 Å². The standard InChI is InChI=1S/C16H15N3O2/c1-2-21-16(20)14-9-13(7-8-15(14)18)19-12-5-3-11(10-17)4-6-12/h3-9,19H,2,18H2,1H3. The molecule has 5 nitrogen and oxygen atoms in total. The number of ether oxygens (including phenoxy) is 1. The van der Waals surface area contributed by atoms with Gasteiger partial charge >= 0.3 is 5.97 Å². The van der Waals surface area contributed by atoms with Crippen LogP contribution in [0.3, 0.4) is 0 Å². The van der Waals surface area contributed by atoms with Crippen LogP contribution in [0.1, 0.15) is 22.8 Å². The molecule has 0 saturated heterocycles. The number of carbonyl (C=O) groups is 1. The van der Waals surface area contributed by atoms with Crippen molar-refractivity contribution in [3.05, 3.63) is 53.6 Å². The summed E-state index contributed by atoms with van der Waals surface area (Å²) in [6, 6.07) is 14.1. The highest BCUT2D eigenvalue weighted by Gasteiger charge is 2.11. The van der Waals surface area contributed by atoms with Crippen molar-refractivity contribution >= 4 is 23.0 Å². The predicted octanol–water partition coefficient (Wildman–Crippen LogP) is 3.06. The van der Waals surface area contributed by atoms with E-state index in [9.17, 15) is 4.79 Å². The Bertz CT molecular complexity index is 688. The zero-order valence-electron chi connectivity index (χ0n) is 11.6. The number of nitrogens with zero attached hydrogens (tertiary/aromatic N) is 1. The topological polar surface area (TPSA) is 88.1 Å². The van der Waals surface area contributed by atoms with E-state index in [0.29, 0.717) is 23.4 Å². The first-order valence-corrected chi connectivity index (χ1v) is 6.48. The fourth-order valence-electron chi connectivity index (χ4n) is 1.81. The molecule has 0 amide bonds. The lowest BCUT2D eigenvalue weighted by atomic mass is 10.1. The van der Waals surface area contributed by atoms with Crippen molar-refractivity contribution in [3.8, 4) is 6.07 Å². The molecule has 0 aliphatic rings. The molecule has 21 heavy (non-hydrogen) atoms. The van der Waals surface area contributed by atoms with E-state index in [2.05, 4.69) is 11.4 Å². The monoisotopic (exact) mass is 281 g/mol. The van der Waals surface area contributed by atoms with Crippen molar-refractivity contribution in [2.24, 2.45) is 0 Å². The average Bonchev–Trinajstić information content (AvgIpc) is 2.50. The Balaban J connectivity index is 2.22. The molecule has 2 rings (SSSR count). The molecule has 0 atom stereocenters. The third kappa shape index (κ3) is 3.51. The molecule has 0 saturated carbocycles. The molecular weight excluding hydrogens is 266 g/mol. The Morgan fingerprint density at radius 3 is 2.52 bits per heavy atom. The SMILES string of the molecule is CCOC(=O)c1cc(Nc2ccc(C#N)cc2)ccc1N. The smallest absolute Gasteiger partial charge is 0.340 e. The molecule has 5 heteroatoms. The molecule has 0 bridgehead atoms. The van der Waals surface area contributed by atoms with Crippen LogP contribution in [-0.4, -0.2) is 12.6 Å². The highest BCUT2D eigenvalue weighted by molar-refractivity contribution is 5.96. The zero-order chi connectivity index (χ0) is 15.2. The van der Waals surface area contributed by atoms with Gasteiger partial charge in [0.25, 0.3) is 0 Å². The highest BCUT2D eigenvalue weighted by Crippen LogP contribution is 2.22. The van der Waals surface area contributed by atoms with Gasteiger partial charge in [0.2, 0.25) is 0 Å². The number of anilines is 3. The van der Waals surface area contributed by atoms with Gasteiger partial charge in [-0.1, -0.05) is 0 Å². The van der Waals surface area contributed by atoms with E-state index in [0.717, 1.165) is 11.4 Å². The second-order valence-electron chi connectivity index (χ2n) is 4.34. The van der Waals surface area contributed by atoms with Crippen LogP contribution < -0.4 is 11.1 Å². The third-order valence-electron chi connectivity index (χ3n) is 2.85. The van der Waals surface area contributed by atoms with Crippen molar-refractivity contribution < 1.29 is 9.53 Å². The van der Waals surface area contributed by atoms with Crippen LogP contribution in [0.4, 0.5) is 17.1 Å². The van der Waals surface area contributed by atoms with Crippen LogP contribution in [-0.2, 0) is 4.74 Å². The van der Waals surface area contributed by atoms with Crippen molar-refractivity contribution in [1.29, 1.82) is 5.26 Å². The molecule has 0 radical (unpaired) electrons. The van der Waals surface area contributed by atoms with Gasteiger partial charge in [0, 0.05) is 17.1 Å². The molecule has 0 aliphatic heterocycles. The Morgan fingerprint density at radius 2 is 1.90 bits per heavy atom. The Kier molecular flexibility index (Phi) is 4.42. The van der Waals surface area contributed by atoms with Crippen LogP contribution in [0.15, 0.2) is 42.5 Å². The summed E-state index contributed by atoms with van der Waals surface area (Å²) < 4.78 is 4.96. The summed E-state index contributed by atoms with van der Waals surface area (Å²) in [7, 11) is 0. The lowest BCUT2D eigenvalue weighted by Crippen LogP contribution is -2.08. The van der Waals surface area contributed by atoms with Gasteiger partial charge in [0.15, 0.2) is 0 Å². The van der Waals surface area contributed by atoms with Gasteiger partial charge in [0.05, 0.1) is 23.8 Å². The molecule has 0 aliphatic carbocycles. The fourth-order valence-corrected chi connectivity index (χ4v) is 1.81. The molecule has 3 N–H and O–H groups in total. The number of hydrogen-bond donors (Lipinski definition) is 2. The van der Waals surface area contributed by atoms with Crippen LogP contribution in [0.5, 0.6) is 0 Å². The minimum Gasteiger partial charge on any atom is -0.462 e. The molecular formula is C16H15N3O2. The number of hydrogen-bond acceptors (Lipinski definition) is 5. The number of benzene rings is 2. The van der Waals surface area contributed by atoms with Crippen molar-refractivity contribution in [2.45, 2.75) is 6.92 Å². The molecule has 0 spiro atoms. The lowest BCUT2D eigenvalue weighted by molar-refractivity contribution is 0.0527. The van der Waals surface area contributed by atoms with Crippen molar-refractivity contribution in [2.75, 3.05) is 17.7 Å². The van der Waals surface area contributed by atoms with Gasteiger partial charge in [-0.3, -0.25) is 0 Å². The minimum atomic E-state index is -0.446. The summed E-state index contributed by atoms with van der Waals surface area (Å²) in [6.45, 7) is 2.04. The first kappa shape index (κ1) is 14.4. The Hall–Kier alpha value is -3.00. The molecule has 2 aromatic carbocycles. The molecule has 106 valence electrons. The van der Waals surface area contributed by atoms with Crippen LogP contribution in [0.2, 0.25) is 0 Å². The third-order valence-corrected chi connectivity index (χ3v) is 2.85. The molecule has 0 unspecified atom stereocenters. The summed E-state index contributed by atoms with van der Waals surface area (Å²) >= 11 is 0. The Morgan fingerprint density at radius 1 is 1.24 bits per heavy atom. The maximum Gasteiger partial charge on any atom is 0.340 e. The van der Waals surface area contributed by atoms with Gasteiger partial charge in [-0.15, -0.1) is 0 Å². The van der Waals surface area contributed by atoms with Crippen LogP contribution in [0.25, 0.3) is 0 Å². The summed E-state index contributed by atoms with van der Waals surface area (Å²) in [6.07, 6.45) is 0. The summed E-state index contributed by atoms with van der Waals surface area (Å²) in [4.78, 5) is 11.8. The highest BCUT2D eigenvalue weighted by atomic mass is 16.5. The van der Waals surface area contributed by atoms with Crippen molar-refractivity contribution in [1.82, 2.24) is 0 Å². The molecule has 0 fully saturated rings. The van der Waals surface area contributed by atoms with E-state index in [1.54, 1.807) is 49.4 Å². The number of esters is 1. The van der Waals surface area contributed by atoms with Crippen LogP contribution in [0, 0.1) is 11.3 Å². The number of nitriles is 1. The number of carbonyl (C=O) groups excluding carboxylic acids is 1. The minimum absolute atomic E-state index is 0.297. The summed E-state index contributed by atoms with van der Waals surface area (Å²) in [5.41, 5.74) is 8.61. The van der Waals surface area contributed by atoms with Gasteiger partial charge in [0.1, 0.15) is 0 Å². The largest absolute Gasteiger partial charge is 0.462 e. The van der Waals surface area contributed by atoms with Gasteiger partial charge in [-0.2, -0.15) is 5.26 Å². The second-order valence-corrected chi connectivity index (χ2v) is 4.34. The maximum absolute atomic E-state index is 11.8. The summed E-state index contributed by atoms with van der Waals surface area (Å²) in [5.74, 6) is -0.446. The predicted molar refractivity (Wildman–Crippen MR) is 81.3 cm³/mol. The van der Waals surface area contributed by atoms with E-state index >= 15 is 0 Å². The zero-order valence-corrected chi connectivity index (χ0v) is 11.6. The average molecular weight is 281 g/mol. The van der Waals surface area contributed by atoms with E-state index in [-0.39, 0.29) is 0 Å². The molecule has 0 aromatic heterocycles. The second kappa shape index (κ2) is 6.44. The van der Waals surface area contributed by atoms with E-state index in [1.807, 2.05) is 0 Å².